The lowest BCUT2D eigenvalue weighted by Gasteiger charge is -2.06. The Morgan fingerprint density at radius 3 is 2.75 bits per heavy atom. The van der Waals surface area contributed by atoms with Gasteiger partial charge in [0.1, 0.15) is 12.4 Å². The van der Waals surface area contributed by atoms with Crippen LogP contribution < -0.4 is 5.32 Å². The number of carbonyl (C=O) groups is 1. The van der Waals surface area contributed by atoms with Crippen molar-refractivity contribution in [2.75, 3.05) is 5.32 Å². The SMILES string of the molecule is CC(C)c1nnc2ccc(NC(=O)c3ccn(CC(F)F)n3)cn12. The molecule has 9 heteroatoms. The molecule has 0 unspecified atom stereocenters. The van der Waals surface area contributed by atoms with Gasteiger partial charge in [0.15, 0.2) is 11.3 Å². The lowest BCUT2D eigenvalue weighted by molar-refractivity contribution is 0.101. The fourth-order valence-corrected chi connectivity index (χ4v) is 2.30. The molecule has 0 atom stereocenters. The van der Waals surface area contributed by atoms with Crippen molar-refractivity contribution in [1.82, 2.24) is 24.4 Å². The van der Waals surface area contributed by atoms with Gasteiger partial charge < -0.3 is 5.32 Å². The van der Waals surface area contributed by atoms with Gasteiger partial charge in [0.2, 0.25) is 0 Å². The summed E-state index contributed by atoms with van der Waals surface area (Å²) >= 11 is 0. The summed E-state index contributed by atoms with van der Waals surface area (Å²) < 4.78 is 27.5. The molecule has 0 spiro atoms. The maximum absolute atomic E-state index is 12.3. The zero-order chi connectivity index (χ0) is 17.3. The molecule has 3 heterocycles. The average molecular weight is 334 g/mol. The van der Waals surface area contributed by atoms with Crippen LogP contribution in [0.1, 0.15) is 36.1 Å². The molecule has 24 heavy (non-hydrogen) atoms. The van der Waals surface area contributed by atoms with Crippen molar-refractivity contribution in [3.05, 3.63) is 42.1 Å². The number of halogens is 2. The van der Waals surface area contributed by atoms with Gasteiger partial charge in [0.25, 0.3) is 12.3 Å². The number of pyridine rings is 1. The number of anilines is 1. The number of aromatic nitrogens is 5. The van der Waals surface area contributed by atoms with Crippen molar-refractivity contribution in [2.45, 2.75) is 32.7 Å². The Hall–Kier alpha value is -2.84. The molecule has 0 aliphatic heterocycles. The summed E-state index contributed by atoms with van der Waals surface area (Å²) in [7, 11) is 0. The number of nitrogens with one attached hydrogen (secondary N) is 1. The molecule has 1 N–H and O–H groups in total. The predicted octanol–water partition coefficient (Wildman–Crippen LogP) is 2.57. The highest BCUT2D eigenvalue weighted by atomic mass is 19.3. The molecule has 0 aromatic carbocycles. The Bertz CT molecular complexity index is 870. The van der Waals surface area contributed by atoms with E-state index < -0.39 is 18.9 Å². The van der Waals surface area contributed by atoms with Gasteiger partial charge in [0, 0.05) is 18.3 Å². The van der Waals surface area contributed by atoms with Crippen molar-refractivity contribution in [2.24, 2.45) is 0 Å². The summed E-state index contributed by atoms with van der Waals surface area (Å²) in [6.45, 7) is 3.45. The summed E-state index contributed by atoms with van der Waals surface area (Å²) in [6.07, 6.45) is 0.547. The number of hydrogen-bond acceptors (Lipinski definition) is 4. The fourth-order valence-electron chi connectivity index (χ4n) is 2.30. The largest absolute Gasteiger partial charge is 0.319 e. The third-order valence-corrected chi connectivity index (χ3v) is 3.40. The number of amides is 1. The first-order chi connectivity index (χ1) is 11.4. The zero-order valence-electron chi connectivity index (χ0n) is 13.1. The Morgan fingerprint density at radius 2 is 2.04 bits per heavy atom. The second kappa shape index (κ2) is 6.34. The molecule has 0 aliphatic carbocycles. The normalized spacial score (nSPS) is 11.6. The molecule has 0 saturated carbocycles. The smallest absolute Gasteiger partial charge is 0.276 e. The molecular formula is C15H16F2N6O. The first-order valence-corrected chi connectivity index (χ1v) is 7.41. The second-order valence-corrected chi connectivity index (χ2v) is 5.63. The van der Waals surface area contributed by atoms with Crippen LogP contribution in [0.15, 0.2) is 30.6 Å². The van der Waals surface area contributed by atoms with Gasteiger partial charge in [-0.2, -0.15) is 5.10 Å². The minimum Gasteiger partial charge on any atom is -0.319 e. The van der Waals surface area contributed by atoms with Gasteiger partial charge in [0.05, 0.1) is 5.69 Å². The number of alkyl halides is 2. The molecule has 0 saturated heterocycles. The number of carbonyl (C=O) groups excluding carboxylic acids is 1. The zero-order valence-corrected chi connectivity index (χ0v) is 13.1. The van der Waals surface area contributed by atoms with E-state index in [9.17, 15) is 13.6 Å². The van der Waals surface area contributed by atoms with E-state index in [1.54, 1.807) is 22.7 Å². The molecule has 126 valence electrons. The van der Waals surface area contributed by atoms with Crippen molar-refractivity contribution >= 4 is 17.2 Å². The van der Waals surface area contributed by atoms with Gasteiger partial charge in [-0.25, -0.2) is 8.78 Å². The molecule has 3 rings (SSSR count). The maximum atomic E-state index is 12.3. The molecule has 1 amide bonds. The number of hydrogen-bond donors (Lipinski definition) is 1. The Balaban J connectivity index is 1.80. The molecule has 0 radical (unpaired) electrons. The van der Waals surface area contributed by atoms with Gasteiger partial charge in [-0.1, -0.05) is 13.8 Å². The number of rotatable bonds is 5. The summed E-state index contributed by atoms with van der Waals surface area (Å²) in [5.41, 5.74) is 1.29. The van der Waals surface area contributed by atoms with E-state index >= 15 is 0 Å². The van der Waals surface area contributed by atoms with Crippen LogP contribution in [0.2, 0.25) is 0 Å². The van der Waals surface area contributed by atoms with E-state index in [2.05, 4.69) is 20.6 Å². The monoisotopic (exact) mass is 334 g/mol. The lowest BCUT2D eigenvalue weighted by Crippen LogP contribution is -2.15. The number of nitrogens with zero attached hydrogens (tertiary/aromatic N) is 5. The minimum atomic E-state index is -2.52. The van der Waals surface area contributed by atoms with E-state index in [4.69, 9.17) is 0 Å². The lowest BCUT2D eigenvalue weighted by atomic mass is 10.2. The fraction of sp³-hybridized carbons (Fsp3) is 0.333. The van der Waals surface area contributed by atoms with Crippen LogP contribution in [0.5, 0.6) is 0 Å². The average Bonchev–Trinajstić information content (AvgIpc) is 3.12. The highest BCUT2D eigenvalue weighted by Crippen LogP contribution is 2.17. The van der Waals surface area contributed by atoms with Crippen LogP contribution in [-0.2, 0) is 6.54 Å². The molecule has 7 nitrogen and oxygen atoms in total. The molecule has 0 aliphatic rings. The van der Waals surface area contributed by atoms with E-state index in [-0.39, 0.29) is 11.6 Å². The highest BCUT2D eigenvalue weighted by Gasteiger charge is 2.14. The first-order valence-electron chi connectivity index (χ1n) is 7.41. The minimum absolute atomic E-state index is 0.0728. The molecular weight excluding hydrogens is 318 g/mol. The quantitative estimate of drug-likeness (QED) is 0.778. The van der Waals surface area contributed by atoms with Crippen LogP contribution in [0.4, 0.5) is 14.5 Å². The Labute approximate surface area is 136 Å². The molecule has 0 fully saturated rings. The summed E-state index contributed by atoms with van der Waals surface area (Å²) in [4.78, 5) is 12.2. The summed E-state index contributed by atoms with van der Waals surface area (Å²) in [5, 5.41) is 14.7. The van der Waals surface area contributed by atoms with Gasteiger partial charge in [-0.05, 0) is 18.2 Å². The van der Waals surface area contributed by atoms with Crippen molar-refractivity contribution in [3.8, 4) is 0 Å². The highest BCUT2D eigenvalue weighted by molar-refractivity contribution is 6.02. The van der Waals surface area contributed by atoms with Crippen LogP contribution >= 0.6 is 0 Å². The van der Waals surface area contributed by atoms with E-state index in [0.717, 1.165) is 10.5 Å². The third kappa shape index (κ3) is 3.24. The van der Waals surface area contributed by atoms with Crippen LogP contribution in [0.25, 0.3) is 5.65 Å². The van der Waals surface area contributed by atoms with Crippen LogP contribution in [-0.4, -0.2) is 36.7 Å². The molecule has 0 bridgehead atoms. The van der Waals surface area contributed by atoms with Crippen molar-refractivity contribution in [1.29, 1.82) is 0 Å². The standard InChI is InChI=1S/C15H16F2N6O/c1-9(2)14-20-19-13-4-3-10(7-23(13)14)18-15(24)11-5-6-22(21-11)8-12(16)17/h3-7,9,12H,8H2,1-2H3,(H,18,24). The first kappa shape index (κ1) is 16.0. The Morgan fingerprint density at radius 1 is 1.25 bits per heavy atom. The van der Waals surface area contributed by atoms with E-state index in [1.165, 1.54) is 12.3 Å². The van der Waals surface area contributed by atoms with E-state index in [0.29, 0.717) is 11.3 Å². The van der Waals surface area contributed by atoms with Gasteiger partial charge >= 0.3 is 0 Å². The van der Waals surface area contributed by atoms with Crippen molar-refractivity contribution in [3.63, 3.8) is 0 Å². The number of fused-ring (bicyclic) bond motifs is 1. The second-order valence-electron chi connectivity index (χ2n) is 5.63. The molecule has 3 aromatic heterocycles. The van der Waals surface area contributed by atoms with Crippen molar-refractivity contribution < 1.29 is 13.6 Å². The van der Waals surface area contributed by atoms with Gasteiger partial charge in [-0.3, -0.25) is 13.9 Å². The maximum Gasteiger partial charge on any atom is 0.276 e. The summed E-state index contributed by atoms with van der Waals surface area (Å²) in [5.74, 6) is 0.486. The Kier molecular flexibility index (Phi) is 4.24. The van der Waals surface area contributed by atoms with Crippen LogP contribution in [0, 0.1) is 0 Å². The summed E-state index contributed by atoms with van der Waals surface area (Å²) in [6, 6.07) is 4.83. The van der Waals surface area contributed by atoms with Crippen LogP contribution in [0.3, 0.4) is 0 Å². The topological polar surface area (TPSA) is 77.1 Å². The van der Waals surface area contributed by atoms with E-state index in [1.807, 2.05) is 13.8 Å². The molecule has 3 aromatic rings. The van der Waals surface area contributed by atoms with Gasteiger partial charge in [-0.15, -0.1) is 10.2 Å². The predicted molar refractivity (Wildman–Crippen MR) is 83.3 cm³/mol. The third-order valence-electron chi connectivity index (χ3n) is 3.40.